The van der Waals surface area contributed by atoms with Gasteiger partial charge in [0.05, 0.1) is 0 Å². The van der Waals surface area contributed by atoms with Crippen molar-refractivity contribution in [1.82, 2.24) is 0 Å². The standard InChI is InChI=1S/C6H10O3.C5H8O2/c1-3-4-5(2)6(7)9-8;1-3-4(2)5(6)7/h4,8H,3H2,1-2H3;3H,1-2H3,(H,6,7). The minimum atomic E-state index is -0.845. The van der Waals surface area contributed by atoms with E-state index < -0.39 is 11.9 Å². The molecule has 0 saturated heterocycles. The molecule has 0 aliphatic heterocycles. The molecule has 5 nitrogen and oxygen atoms in total. The Kier molecular flexibility index (Phi) is 10.4. The van der Waals surface area contributed by atoms with Crippen LogP contribution in [0.15, 0.2) is 23.3 Å². The topological polar surface area (TPSA) is 83.8 Å². The van der Waals surface area contributed by atoms with Crippen LogP contribution in [-0.4, -0.2) is 22.3 Å². The lowest BCUT2D eigenvalue weighted by Crippen LogP contribution is -2.01. The molecule has 16 heavy (non-hydrogen) atoms. The summed E-state index contributed by atoms with van der Waals surface area (Å²) in [5.41, 5.74) is 0.819. The maximum absolute atomic E-state index is 10.4. The molecule has 0 aromatic carbocycles. The van der Waals surface area contributed by atoms with Crippen LogP contribution in [0.5, 0.6) is 0 Å². The van der Waals surface area contributed by atoms with Crippen molar-refractivity contribution in [3.63, 3.8) is 0 Å². The highest BCUT2D eigenvalue weighted by Crippen LogP contribution is 1.95. The molecule has 0 aliphatic rings. The molecule has 0 aromatic rings. The summed E-state index contributed by atoms with van der Waals surface area (Å²) in [6.45, 7) is 6.74. The molecule has 0 fully saturated rings. The van der Waals surface area contributed by atoms with Gasteiger partial charge in [-0.15, -0.1) is 0 Å². The minimum absolute atomic E-state index is 0.389. The van der Waals surface area contributed by atoms with E-state index in [-0.39, 0.29) is 0 Å². The molecule has 5 heteroatoms. The van der Waals surface area contributed by atoms with Gasteiger partial charge >= 0.3 is 11.9 Å². The highest BCUT2D eigenvalue weighted by molar-refractivity contribution is 5.87. The van der Waals surface area contributed by atoms with E-state index in [0.29, 0.717) is 11.1 Å². The van der Waals surface area contributed by atoms with Crippen LogP contribution in [0.25, 0.3) is 0 Å². The summed E-state index contributed by atoms with van der Waals surface area (Å²) < 4.78 is 0. The van der Waals surface area contributed by atoms with Crippen molar-refractivity contribution >= 4 is 11.9 Å². The zero-order valence-corrected chi connectivity index (χ0v) is 9.98. The molecule has 0 unspecified atom stereocenters. The van der Waals surface area contributed by atoms with Crippen LogP contribution >= 0.6 is 0 Å². The molecule has 0 amide bonds. The van der Waals surface area contributed by atoms with Crippen LogP contribution in [-0.2, 0) is 14.5 Å². The van der Waals surface area contributed by atoms with E-state index in [1.165, 1.54) is 0 Å². The van der Waals surface area contributed by atoms with Gasteiger partial charge in [0.25, 0.3) is 0 Å². The Morgan fingerprint density at radius 2 is 1.75 bits per heavy atom. The highest BCUT2D eigenvalue weighted by Gasteiger charge is 2.01. The van der Waals surface area contributed by atoms with Gasteiger partial charge in [0.2, 0.25) is 0 Å². The third-order valence-electron chi connectivity index (χ3n) is 1.69. The predicted molar refractivity (Wildman–Crippen MR) is 59.8 cm³/mol. The maximum Gasteiger partial charge on any atom is 0.368 e. The van der Waals surface area contributed by atoms with Gasteiger partial charge in [0, 0.05) is 11.1 Å². The number of carboxylic acids is 1. The van der Waals surface area contributed by atoms with E-state index in [2.05, 4.69) is 4.89 Å². The maximum atomic E-state index is 10.4. The number of carbonyl (C=O) groups is 2. The van der Waals surface area contributed by atoms with Gasteiger partial charge in [-0.25, -0.2) is 9.59 Å². The van der Waals surface area contributed by atoms with Crippen molar-refractivity contribution in [3.05, 3.63) is 23.3 Å². The predicted octanol–water partition coefficient (Wildman–Crippen LogP) is 2.40. The average Bonchev–Trinajstić information content (AvgIpc) is 2.27. The summed E-state index contributed by atoms with van der Waals surface area (Å²) in [5.74, 6) is -1.53. The lowest BCUT2D eigenvalue weighted by atomic mass is 10.2. The van der Waals surface area contributed by atoms with E-state index in [9.17, 15) is 9.59 Å². The van der Waals surface area contributed by atoms with Crippen LogP contribution in [0.4, 0.5) is 0 Å². The van der Waals surface area contributed by atoms with E-state index in [4.69, 9.17) is 10.4 Å². The lowest BCUT2D eigenvalue weighted by molar-refractivity contribution is -0.229. The summed E-state index contributed by atoms with van der Waals surface area (Å²) in [4.78, 5) is 23.7. The molecular weight excluding hydrogens is 212 g/mol. The van der Waals surface area contributed by atoms with Gasteiger partial charge in [0.15, 0.2) is 0 Å². The Morgan fingerprint density at radius 1 is 1.25 bits per heavy atom. The van der Waals surface area contributed by atoms with Gasteiger partial charge in [-0.3, -0.25) is 4.89 Å². The van der Waals surface area contributed by atoms with Crippen molar-refractivity contribution < 1.29 is 24.8 Å². The summed E-state index contributed by atoms with van der Waals surface area (Å²) in [6.07, 6.45) is 4.00. The number of hydrogen-bond acceptors (Lipinski definition) is 4. The van der Waals surface area contributed by atoms with Crippen LogP contribution < -0.4 is 0 Å². The van der Waals surface area contributed by atoms with Gasteiger partial charge in [0.1, 0.15) is 0 Å². The van der Waals surface area contributed by atoms with Gasteiger partial charge < -0.3 is 5.11 Å². The summed E-state index contributed by atoms with van der Waals surface area (Å²) >= 11 is 0. The highest BCUT2D eigenvalue weighted by atomic mass is 17.1. The van der Waals surface area contributed by atoms with Crippen LogP contribution in [0.3, 0.4) is 0 Å². The monoisotopic (exact) mass is 230 g/mol. The summed E-state index contributed by atoms with van der Waals surface area (Å²) in [6, 6.07) is 0. The van der Waals surface area contributed by atoms with Crippen molar-refractivity contribution in [2.45, 2.75) is 34.1 Å². The summed E-state index contributed by atoms with van der Waals surface area (Å²) in [7, 11) is 0. The minimum Gasteiger partial charge on any atom is -0.478 e. The van der Waals surface area contributed by atoms with Gasteiger partial charge in [-0.1, -0.05) is 19.1 Å². The molecule has 0 atom stereocenters. The van der Waals surface area contributed by atoms with E-state index in [1.807, 2.05) is 6.92 Å². The summed E-state index contributed by atoms with van der Waals surface area (Å²) in [5, 5.41) is 16.0. The SMILES string of the molecule is CC=C(C)C(=O)O.CCC=C(C)C(=O)OO. The number of rotatable bonds is 3. The van der Waals surface area contributed by atoms with Crippen LogP contribution in [0.2, 0.25) is 0 Å². The first-order valence-corrected chi connectivity index (χ1v) is 4.79. The first-order chi connectivity index (χ1) is 7.40. The zero-order valence-electron chi connectivity index (χ0n) is 9.98. The number of allylic oxidation sites excluding steroid dienone is 2. The third kappa shape index (κ3) is 8.96. The zero-order chi connectivity index (χ0) is 13.1. The third-order valence-corrected chi connectivity index (χ3v) is 1.69. The second-order valence-corrected chi connectivity index (χ2v) is 2.95. The molecule has 0 rings (SSSR count). The van der Waals surface area contributed by atoms with Crippen LogP contribution in [0.1, 0.15) is 34.1 Å². The van der Waals surface area contributed by atoms with Crippen molar-refractivity contribution in [1.29, 1.82) is 0 Å². The average molecular weight is 230 g/mol. The molecular formula is C11H18O5. The van der Waals surface area contributed by atoms with Gasteiger partial charge in [-0.05, 0) is 27.2 Å². The van der Waals surface area contributed by atoms with E-state index in [1.54, 1.807) is 32.9 Å². The number of aliphatic carboxylic acids is 1. The molecule has 0 aromatic heterocycles. The lowest BCUT2D eigenvalue weighted by Gasteiger charge is -1.92. The Balaban J connectivity index is 0. The van der Waals surface area contributed by atoms with Crippen LogP contribution in [0, 0.1) is 0 Å². The quantitative estimate of drug-likeness (QED) is 0.442. The molecule has 92 valence electrons. The van der Waals surface area contributed by atoms with Crippen molar-refractivity contribution in [3.8, 4) is 0 Å². The molecule has 0 saturated carbocycles. The number of carboxylic acid groups (broad SMARTS) is 1. The largest absolute Gasteiger partial charge is 0.478 e. The first-order valence-electron chi connectivity index (χ1n) is 4.79. The second-order valence-electron chi connectivity index (χ2n) is 2.95. The number of carbonyl (C=O) groups excluding carboxylic acids is 1. The number of hydrogen-bond donors (Lipinski definition) is 2. The van der Waals surface area contributed by atoms with Gasteiger partial charge in [-0.2, -0.15) is 5.26 Å². The van der Waals surface area contributed by atoms with E-state index in [0.717, 1.165) is 6.42 Å². The Morgan fingerprint density at radius 3 is 1.94 bits per heavy atom. The molecule has 0 spiro atoms. The Bertz CT molecular complexity index is 289. The smallest absolute Gasteiger partial charge is 0.368 e. The molecule has 2 N–H and O–H groups in total. The fourth-order valence-electron chi connectivity index (χ4n) is 0.585. The fourth-order valence-corrected chi connectivity index (χ4v) is 0.585. The molecule has 0 aliphatic carbocycles. The van der Waals surface area contributed by atoms with E-state index >= 15 is 0 Å². The molecule has 0 heterocycles. The van der Waals surface area contributed by atoms with Crippen molar-refractivity contribution in [2.24, 2.45) is 0 Å². The molecule has 0 bridgehead atoms. The Hall–Kier alpha value is -1.62. The molecule has 0 radical (unpaired) electrons. The normalized spacial score (nSPS) is 11.3. The van der Waals surface area contributed by atoms with Crippen molar-refractivity contribution in [2.75, 3.05) is 0 Å². The second kappa shape index (κ2) is 9.92. The first kappa shape index (κ1) is 16.8. The Labute approximate surface area is 95.0 Å². The fraction of sp³-hybridized carbons (Fsp3) is 0.455.